The predicted octanol–water partition coefficient (Wildman–Crippen LogP) is 0.480. The fraction of sp³-hybridized carbons (Fsp3) is 0.667. The normalized spacial score (nSPS) is 26.8. The molecule has 0 bridgehead atoms. The molecular formula is C15H22N4O3. The van der Waals surface area contributed by atoms with Gasteiger partial charge in [0.15, 0.2) is 0 Å². The van der Waals surface area contributed by atoms with Crippen molar-refractivity contribution < 1.29 is 14.6 Å². The maximum absolute atomic E-state index is 11.0. The van der Waals surface area contributed by atoms with Crippen molar-refractivity contribution in [3.05, 3.63) is 18.6 Å². The van der Waals surface area contributed by atoms with Gasteiger partial charge in [0.25, 0.3) is 0 Å². The summed E-state index contributed by atoms with van der Waals surface area (Å²) in [4.78, 5) is 23.8. The molecule has 1 spiro atoms. The number of carbonyl (C=O) groups is 1. The lowest BCUT2D eigenvalue weighted by Crippen LogP contribution is -2.51. The third-order valence-corrected chi connectivity index (χ3v) is 4.41. The van der Waals surface area contributed by atoms with E-state index in [-0.39, 0.29) is 12.0 Å². The van der Waals surface area contributed by atoms with E-state index in [4.69, 9.17) is 9.84 Å². The standard InChI is InChI=1S/C15H22N4O3/c20-14(21)9-18-5-1-2-15(10-18)11-19(6-7-22-12-15)13-8-16-3-4-17-13/h3-4,8H,1-2,5-7,9-12H2,(H,20,21)/t15-/m0/s1. The fourth-order valence-corrected chi connectivity index (χ4v) is 3.53. The number of hydrogen-bond donors (Lipinski definition) is 1. The van der Waals surface area contributed by atoms with Crippen LogP contribution in [0, 0.1) is 5.41 Å². The van der Waals surface area contributed by atoms with Crippen LogP contribution >= 0.6 is 0 Å². The SMILES string of the molecule is O=C(O)CN1CCC[C@]2(COCCN(c3cnccn3)C2)C1. The van der Waals surface area contributed by atoms with Gasteiger partial charge in [-0.15, -0.1) is 0 Å². The molecule has 3 rings (SSSR count). The number of aliphatic carboxylic acids is 1. The van der Waals surface area contributed by atoms with Crippen LogP contribution in [0.3, 0.4) is 0 Å². The first-order chi connectivity index (χ1) is 10.7. The minimum Gasteiger partial charge on any atom is -0.480 e. The van der Waals surface area contributed by atoms with E-state index in [1.54, 1.807) is 18.6 Å². The van der Waals surface area contributed by atoms with E-state index in [0.29, 0.717) is 13.2 Å². The van der Waals surface area contributed by atoms with Crippen molar-refractivity contribution in [2.24, 2.45) is 5.41 Å². The molecule has 1 aromatic heterocycles. The molecule has 2 aliphatic rings. The highest BCUT2D eigenvalue weighted by atomic mass is 16.5. The molecule has 3 heterocycles. The van der Waals surface area contributed by atoms with E-state index in [1.807, 2.05) is 4.90 Å². The molecule has 0 saturated carbocycles. The zero-order chi connectivity index (χ0) is 15.4. The maximum Gasteiger partial charge on any atom is 0.317 e. The predicted molar refractivity (Wildman–Crippen MR) is 80.8 cm³/mol. The molecule has 1 atom stereocenters. The molecule has 120 valence electrons. The average molecular weight is 306 g/mol. The largest absolute Gasteiger partial charge is 0.480 e. The molecule has 2 fully saturated rings. The van der Waals surface area contributed by atoms with E-state index in [2.05, 4.69) is 14.9 Å². The van der Waals surface area contributed by atoms with E-state index in [0.717, 1.165) is 44.8 Å². The highest BCUT2D eigenvalue weighted by Crippen LogP contribution is 2.33. The Balaban J connectivity index is 1.75. The summed E-state index contributed by atoms with van der Waals surface area (Å²) < 4.78 is 5.83. The number of likely N-dealkylation sites (tertiary alicyclic amines) is 1. The Bertz CT molecular complexity index is 513. The van der Waals surface area contributed by atoms with Gasteiger partial charge in [-0.3, -0.25) is 14.7 Å². The van der Waals surface area contributed by atoms with Crippen molar-refractivity contribution in [2.45, 2.75) is 12.8 Å². The summed E-state index contributed by atoms with van der Waals surface area (Å²) in [7, 11) is 0. The molecule has 22 heavy (non-hydrogen) atoms. The fourth-order valence-electron chi connectivity index (χ4n) is 3.53. The lowest BCUT2D eigenvalue weighted by molar-refractivity contribution is -0.139. The minimum absolute atomic E-state index is 0.0261. The van der Waals surface area contributed by atoms with Crippen molar-refractivity contribution in [1.82, 2.24) is 14.9 Å². The summed E-state index contributed by atoms with van der Waals surface area (Å²) in [6, 6.07) is 0. The molecule has 0 amide bonds. The van der Waals surface area contributed by atoms with Gasteiger partial charge in [0, 0.05) is 37.4 Å². The molecule has 7 heteroatoms. The average Bonchev–Trinajstić information content (AvgIpc) is 2.70. The quantitative estimate of drug-likeness (QED) is 0.870. The lowest BCUT2D eigenvalue weighted by atomic mass is 9.80. The second-order valence-corrected chi connectivity index (χ2v) is 6.25. The van der Waals surface area contributed by atoms with Gasteiger partial charge in [-0.05, 0) is 19.4 Å². The Morgan fingerprint density at radius 1 is 1.36 bits per heavy atom. The Labute approximate surface area is 129 Å². The third-order valence-electron chi connectivity index (χ3n) is 4.41. The van der Waals surface area contributed by atoms with Crippen LogP contribution in [0.2, 0.25) is 0 Å². The lowest BCUT2D eigenvalue weighted by Gasteiger charge is -2.43. The van der Waals surface area contributed by atoms with Crippen molar-refractivity contribution in [3.63, 3.8) is 0 Å². The Hall–Kier alpha value is -1.73. The molecule has 1 aromatic rings. The summed E-state index contributed by atoms with van der Waals surface area (Å²) in [5, 5.41) is 9.04. The highest BCUT2D eigenvalue weighted by molar-refractivity contribution is 5.69. The number of ether oxygens (including phenoxy) is 1. The smallest absolute Gasteiger partial charge is 0.317 e. The van der Waals surface area contributed by atoms with Gasteiger partial charge in [-0.1, -0.05) is 0 Å². The number of aromatic nitrogens is 2. The van der Waals surface area contributed by atoms with Crippen molar-refractivity contribution >= 4 is 11.8 Å². The zero-order valence-corrected chi connectivity index (χ0v) is 12.6. The molecule has 0 aliphatic carbocycles. The Morgan fingerprint density at radius 2 is 2.27 bits per heavy atom. The van der Waals surface area contributed by atoms with E-state index in [1.165, 1.54) is 0 Å². The molecule has 1 N–H and O–H groups in total. The monoisotopic (exact) mass is 306 g/mol. The molecule has 0 unspecified atom stereocenters. The zero-order valence-electron chi connectivity index (χ0n) is 12.6. The second-order valence-electron chi connectivity index (χ2n) is 6.25. The maximum atomic E-state index is 11.0. The van der Waals surface area contributed by atoms with Crippen molar-refractivity contribution in [3.8, 4) is 0 Å². The van der Waals surface area contributed by atoms with Gasteiger partial charge in [0.2, 0.25) is 0 Å². The molecular weight excluding hydrogens is 284 g/mol. The van der Waals surface area contributed by atoms with Crippen LogP contribution in [0.25, 0.3) is 0 Å². The van der Waals surface area contributed by atoms with Crippen molar-refractivity contribution in [1.29, 1.82) is 0 Å². The summed E-state index contributed by atoms with van der Waals surface area (Å²) >= 11 is 0. The number of carboxylic acid groups (broad SMARTS) is 1. The molecule has 2 saturated heterocycles. The van der Waals surface area contributed by atoms with E-state index < -0.39 is 5.97 Å². The number of anilines is 1. The summed E-state index contributed by atoms with van der Waals surface area (Å²) in [5.41, 5.74) is -0.0261. The summed E-state index contributed by atoms with van der Waals surface area (Å²) in [6.45, 7) is 4.68. The molecule has 2 aliphatic heterocycles. The number of carboxylic acids is 1. The third kappa shape index (κ3) is 3.53. The van der Waals surface area contributed by atoms with Gasteiger partial charge in [-0.2, -0.15) is 0 Å². The Kier molecular flexibility index (Phi) is 4.54. The highest BCUT2D eigenvalue weighted by Gasteiger charge is 2.39. The summed E-state index contributed by atoms with van der Waals surface area (Å²) in [6.07, 6.45) is 7.20. The molecule has 0 aromatic carbocycles. The van der Waals surface area contributed by atoms with Gasteiger partial charge < -0.3 is 14.7 Å². The van der Waals surface area contributed by atoms with Crippen LogP contribution in [-0.4, -0.2) is 71.9 Å². The van der Waals surface area contributed by atoms with Crippen LogP contribution in [0.5, 0.6) is 0 Å². The van der Waals surface area contributed by atoms with Gasteiger partial charge in [0.1, 0.15) is 5.82 Å². The number of nitrogens with zero attached hydrogens (tertiary/aromatic N) is 4. The van der Waals surface area contributed by atoms with Crippen LogP contribution in [-0.2, 0) is 9.53 Å². The van der Waals surface area contributed by atoms with Gasteiger partial charge in [-0.25, -0.2) is 4.98 Å². The number of piperidine rings is 1. The Morgan fingerprint density at radius 3 is 3.05 bits per heavy atom. The summed E-state index contributed by atoms with van der Waals surface area (Å²) in [5.74, 6) is 0.0973. The minimum atomic E-state index is -0.766. The molecule has 7 nitrogen and oxygen atoms in total. The van der Waals surface area contributed by atoms with Crippen molar-refractivity contribution in [2.75, 3.05) is 50.8 Å². The first-order valence-electron chi connectivity index (χ1n) is 7.70. The van der Waals surface area contributed by atoms with E-state index in [9.17, 15) is 4.79 Å². The van der Waals surface area contributed by atoms with Crippen LogP contribution in [0.4, 0.5) is 5.82 Å². The van der Waals surface area contributed by atoms with Crippen LogP contribution in [0.1, 0.15) is 12.8 Å². The van der Waals surface area contributed by atoms with Crippen LogP contribution < -0.4 is 4.90 Å². The second kappa shape index (κ2) is 6.58. The van der Waals surface area contributed by atoms with Crippen LogP contribution in [0.15, 0.2) is 18.6 Å². The molecule has 0 radical (unpaired) electrons. The topological polar surface area (TPSA) is 78.8 Å². The van der Waals surface area contributed by atoms with E-state index >= 15 is 0 Å². The van der Waals surface area contributed by atoms with Gasteiger partial charge >= 0.3 is 5.97 Å². The first-order valence-corrected chi connectivity index (χ1v) is 7.70. The van der Waals surface area contributed by atoms with Gasteiger partial charge in [0.05, 0.1) is 26.0 Å². The number of hydrogen-bond acceptors (Lipinski definition) is 6. The number of rotatable bonds is 3. The first kappa shape index (κ1) is 15.2.